The first kappa shape index (κ1) is 13.6. The van der Waals surface area contributed by atoms with Crippen molar-refractivity contribution >= 4 is 5.84 Å². The molecule has 0 radical (unpaired) electrons. The Morgan fingerprint density at radius 1 is 1.47 bits per heavy atom. The summed E-state index contributed by atoms with van der Waals surface area (Å²) in [5.74, 6) is -0.521. The molecule has 0 heterocycles. The van der Waals surface area contributed by atoms with E-state index in [-0.39, 0.29) is 18.3 Å². The third-order valence-corrected chi connectivity index (χ3v) is 2.42. The summed E-state index contributed by atoms with van der Waals surface area (Å²) < 4.78 is 13.3. The summed E-state index contributed by atoms with van der Waals surface area (Å²) in [5.41, 5.74) is 6.50. The van der Waals surface area contributed by atoms with Gasteiger partial charge in [0, 0.05) is 25.3 Å². The number of nitrogens with two attached hydrogens (primary N) is 1. The second-order valence-electron chi connectivity index (χ2n) is 4.08. The van der Waals surface area contributed by atoms with Gasteiger partial charge in [-0.05, 0) is 37.2 Å². The SMILES string of the molecule is CN(CCCO)Cc1cc(F)cc(C(=N)N)c1. The van der Waals surface area contributed by atoms with Gasteiger partial charge in [-0.25, -0.2) is 4.39 Å². The summed E-state index contributed by atoms with van der Waals surface area (Å²) in [7, 11) is 1.90. The van der Waals surface area contributed by atoms with Crippen LogP contribution < -0.4 is 5.73 Å². The Hall–Kier alpha value is -1.46. The van der Waals surface area contributed by atoms with Gasteiger partial charge in [0.25, 0.3) is 0 Å². The van der Waals surface area contributed by atoms with Crippen molar-refractivity contribution in [2.45, 2.75) is 13.0 Å². The van der Waals surface area contributed by atoms with Crippen LogP contribution in [0.5, 0.6) is 0 Å². The van der Waals surface area contributed by atoms with Gasteiger partial charge in [-0.3, -0.25) is 5.41 Å². The van der Waals surface area contributed by atoms with E-state index in [0.717, 1.165) is 12.1 Å². The van der Waals surface area contributed by atoms with Crippen molar-refractivity contribution < 1.29 is 9.50 Å². The second-order valence-corrected chi connectivity index (χ2v) is 4.08. The quantitative estimate of drug-likeness (QED) is 0.510. The van der Waals surface area contributed by atoms with Crippen molar-refractivity contribution in [3.05, 3.63) is 35.1 Å². The monoisotopic (exact) mass is 239 g/mol. The Labute approximate surface area is 100 Å². The Balaban J connectivity index is 2.73. The maximum atomic E-state index is 13.3. The first-order valence-corrected chi connectivity index (χ1v) is 5.46. The smallest absolute Gasteiger partial charge is 0.124 e. The lowest BCUT2D eigenvalue weighted by Crippen LogP contribution is -2.20. The maximum Gasteiger partial charge on any atom is 0.124 e. The Bertz CT molecular complexity index is 395. The summed E-state index contributed by atoms with van der Waals surface area (Å²) in [6.07, 6.45) is 0.686. The van der Waals surface area contributed by atoms with Crippen molar-refractivity contribution in [1.82, 2.24) is 4.90 Å². The highest BCUT2D eigenvalue weighted by molar-refractivity contribution is 5.95. The standard InChI is InChI=1S/C12H18FN3O/c1-16(3-2-4-17)8-9-5-10(12(14)15)7-11(13)6-9/h5-7,17H,2-4,8H2,1H3,(H3,14,15). The van der Waals surface area contributed by atoms with Gasteiger partial charge in [-0.2, -0.15) is 0 Å². The Morgan fingerprint density at radius 2 is 2.18 bits per heavy atom. The molecule has 0 saturated carbocycles. The van der Waals surface area contributed by atoms with Crippen molar-refractivity contribution in [3.63, 3.8) is 0 Å². The van der Waals surface area contributed by atoms with Crippen molar-refractivity contribution in [2.75, 3.05) is 20.2 Å². The molecule has 1 aromatic carbocycles. The van der Waals surface area contributed by atoms with Gasteiger partial charge in [-0.15, -0.1) is 0 Å². The van der Waals surface area contributed by atoms with Crippen LogP contribution in [0.25, 0.3) is 0 Å². The van der Waals surface area contributed by atoms with Crippen LogP contribution in [-0.4, -0.2) is 36.0 Å². The minimum atomic E-state index is -0.386. The number of rotatable bonds is 6. The van der Waals surface area contributed by atoms with Crippen LogP contribution in [-0.2, 0) is 6.54 Å². The first-order valence-electron chi connectivity index (χ1n) is 5.46. The second kappa shape index (κ2) is 6.32. The molecule has 0 aliphatic heterocycles. The number of aliphatic hydroxyl groups is 1. The zero-order valence-electron chi connectivity index (χ0n) is 9.91. The molecule has 17 heavy (non-hydrogen) atoms. The van der Waals surface area contributed by atoms with E-state index in [4.69, 9.17) is 16.2 Å². The van der Waals surface area contributed by atoms with Crippen LogP contribution >= 0.6 is 0 Å². The molecule has 0 unspecified atom stereocenters. The predicted molar refractivity (Wildman–Crippen MR) is 65.5 cm³/mol. The van der Waals surface area contributed by atoms with Crippen molar-refractivity contribution in [1.29, 1.82) is 5.41 Å². The van der Waals surface area contributed by atoms with Crippen LogP contribution in [0.1, 0.15) is 17.5 Å². The Morgan fingerprint density at radius 3 is 2.76 bits per heavy atom. The van der Waals surface area contributed by atoms with Crippen LogP contribution in [0.3, 0.4) is 0 Å². The van der Waals surface area contributed by atoms with Gasteiger partial charge in [0.15, 0.2) is 0 Å². The van der Waals surface area contributed by atoms with E-state index < -0.39 is 0 Å². The zero-order chi connectivity index (χ0) is 12.8. The summed E-state index contributed by atoms with van der Waals surface area (Å²) in [6.45, 7) is 1.45. The van der Waals surface area contributed by atoms with E-state index >= 15 is 0 Å². The third kappa shape index (κ3) is 4.50. The lowest BCUT2D eigenvalue weighted by atomic mass is 10.1. The molecule has 0 spiro atoms. The van der Waals surface area contributed by atoms with E-state index in [9.17, 15) is 4.39 Å². The predicted octanol–water partition coefficient (Wildman–Crippen LogP) is 0.924. The molecule has 0 bridgehead atoms. The van der Waals surface area contributed by atoms with Crippen LogP contribution in [0.2, 0.25) is 0 Å². The summed E-state index contributed by atoms with van der Waals surface area (Å²) in [5, 5.41) is 16.0. The number of amidine groups is 1. The lowest BCUT2D eigenvalue weighted by Gasteiger charge is -2.16. The maximum absolute atomic E-state index is 13.3. The average Bonchev–Trinajstić information content (AvgIpc) is 2.25. The topological polar surface area (TPSA) is 73.3 Å². The minimum absolute atomic E-state index is 0.135. The first-order chi connectivity index (χ1) is 8.02. The van der Waals surface area contributed by atoms with Crippen molar-refractivity contribution in [2.24, 2.45) is 5.73 Å². The highest BCUT2D eigenvalue weighted by Gasteiger charge is 2.05. The largest absolute Gasteiger partial charge is 0.396 e. The van der Waals surface area contributed by atoms with Gasteiger partial charge in [0.2, 0.25) is 0 Å². The van der Waals surface area contributed by atoms with Crippen LogP contribution in [0.4, 0.5) is 4.39 Å². The molecule has 94 valence electrons. The third-order valence-electron chi connectivity index (χ3n) is 2.42. The fraction of sp³-hybridized carbons (Fsp3) is 0.417. The molecule has 0 saturated heterocycles. The number of nitrogens with one attached hydrogen (secondary N) is 1. The normalized spacial score (nSPS) is 10.8. The molecule has 1 rings (SSSR count). The van der Waals surface area contributed by atoms with E-state index in [0.29, 0.717) is 18.5 Å². The number of hydrogen-bond donors (Lipinski definition) is 3. The van der Waals surface area contributed by atoms with Crippen molar-refractivity contribution in [3.8, 4) is 0 Å². The van der Waals surface area contributed by atoms with E-state index in [2.05, 4.69) is 0 Å². The number of nitrogen functional groups attached to an aromatic ring is 1. The molecule has 0 aliphatic carbocycles. The Kier molecular flexibility index (Phi) is 5.06. The zero-order valence-corrected chi connectivity index (χ0v) is 9.91. The number of benzene rings is 1. The molecule has 5 heteroatoms. The van der Waals surface area contributed by atoms with Gasteiger partial charge in [-0.1, -0.05) is 0 Å². The molecule has 1 aromatic rings. The fourth-order valence-corrected chi connectivity index (χ4v) is 1.63. The fourth-order valence-electron chi connectivity index (χ4n) is 1.63. The molecule has 0 atom stereocenters. The van der Waals surface area contributed by atoms with Gasteiger partial charge in [0.1, 0.15) is 11.7 Å². The highest BCUT2D eigenvalue weighted by Crippen LogP contribution is 2.11. The number of nitrogens with zero attached hydrogens (tertiary/aromatic N) is 1. The van der Waals surface area contributed by atoms with E-state index in [1.807, 2.05) is 11.9 Å². The van der Waals surface area contributed by atoms with Gasteiger partial charge < -0.3 is 15.7 Å². The van der Waals surface area contributed by atoms with Gasteiger partial charge >= 0.3 is 0 Å². The lowest BCUT2D eigenvalue weighted by molar-refractivity contribution is 0.244. The van der Waals surface area contributed by atoms with Crippen LogP contribution in [0.15, 0.2) is 18.2 Å². The summed E-state index contributed by atoms with van der Waals surface area (Å²) in [6, 6.07) is 4.39. The molecule has 0 amide bonds. The molecule has 4 N–H and O–H groups in total. The summed E-state index contributed by atoms with van der Waals surface area (Å²) >= 11 is 0. The summed E-state index contributed by atoms with van der Waals surface area (Å²) in [4.78, 5) is 1.98. The van der Waals surface area contributed by atoms with Crippen LogP contribution in [0, 0.1) is 11.2 Å². The minimum Gasteiger partial charge on any atom is -0.396 e. The highest BCUT2D eigenvalue weighted by atomic mass is 19.1. The van der Waals surface area contributed by atoms with E-state index in [1.54, 1.807) is 6.07 Å². The molecular formula is C12H18FN3O. The molecule has 0 aromatic heterocycles. The molecule has 0 aliphatic rings. The number of aliphatic hydroxyl groups excluding tert-OH is 1. The van der Waals surface area contributed by atoms with Gasteiger partial charge in [0.05, 0.1) is 0 Å². The van der Waals surface area contributed by atoms with E-state index in [1.165, 1.54) is 12.1 Å². The molecule has 4 nitrogen and oxygen atoms in total. The molecular weight excluding hydrogens is 221 g/mol. The molecule has 0 fully saturated rings. The average molecular weight is 239 g/mol. The number of halogens is 1. The number of hydrogen-bond acceptors (Lipinski definition) is 3.